The lowest BCUT2D eigenvalue weighted by atomic mass is 10.1. The van der Waals surface area contributed by atoms with Crippen LogP contribution >= 0.6 is 11.6 Å². The number of rotatable bonds is 5. The number of carbonyl (C=O) groups excluding carboxylic acids is 2. The highest BCUT2D eigenvalue weighted by Crippen LogP contribution is 2.24. The zero-order valence-electron chi connectivity index (χ0n) is 16.7. The molecule has 2 amide bonds. The normalized spacial score (nSPS) is 10.5. The van der Waals surface area contributed by atoms with E-state index >= 15 is 0 Å². The molecule has 0 saturated carbocycles. The van der Waals surface area contributed by atoms with Gasteiger partial charge in [-0.15, -0.1) is 0 Å². The highest BCUT2D eigenvalue weighted by atomic mass is 35.5. The maximum atomic E-state index is 12.5. The summed E-state index contributed by atoms with van der Waals surface area (Å²) in [5.41, 5.74) is 3.35. The second kappa shape index (κ2) is 8.85. The minimum absolute atomic E-state index is 0.168. The fraction of sp³-hybridized carbons (Fsp3) is 0.0417. The van der Waals surface area contributed by atoms with Crippen LogP contribution < -0.4 is 10.6 Å². The first-order valence-corrected chi connectivity index (χ1v) is 9.95. The average molecular weight is 431 g/mol. The van der Waals surface area contributed by atoms with Gasteiger partial charge in [-0.1, -0.05) is 41.9 Å². The monoisotopic (exact) mass is 430 g/mol. The van der Waals surface area contributed by atoms with Gasteiger partial charge in [-0.3, -0.25) is 14.3 Å². The van der Waals surface area contributed by atoms with Gasteiger partial charge in [0.05, 0.1) is 5.69 Å². The largest absolute Gasteiger partial charge is 0.322 e. The van der Waals surface area contributed by atoms with Crippen LogP contribution in [0.25, 0.3) is 11.3 Å². The van der Waals surface area contributed by atoms with E-state index in [-0.39, 0.29) is 11.8 Å². The van der Waals surface area contributed by atoms with Crippen LogP contribution in [0.5, 0.6) is 0 Å². The lowest BCUT2D eigenvalue weighted by Gasteiger charge is -2.06. The fourth-order valence-electron chi connectivity index (χ4n) is 3.03. The van der Waals surface area contributed by atoms with Crippen molar-refractivity contribution in [2.75, 3.05) is 10.6 Å². The van der Waals surface area contributed by atoms with Gasteiger partial charge in [0.1, 0.15) is 5.82 Å². The summed E-state index contributed by atoms with van der Waals surface area (Å²) < 4.78 is 1.61. The van der Waals surface area contributed by atoms with Crippen LogP contribution in [-0.4, -0.2) is 21.6 Å². The molecule has 0 fully saturated rings. The van der Waals surface area contributed by atoms with Crippen molar-refractivity contribution < 1.29 is 9.59 Å². The molecule has 2 N–H and O–H groups in total. The Kier molecular flexibility index (Phi) is 5.82. The van der Waals surface area contributed by atoms with E-state index in [9.17, 15) is 9.59 Å². The van der Waals surface area contributed by atoms with Crippen LogP contribution in [0.15, 0.2) is 84.9 Å². The number of carbonyl (C=O) groups is 2. The molecule has 0 spiro atoms. The van der Waals surface area contributed by atoms with Crippen LogP contribution in [0.2, 0.25) is 5.02 Å². The molecule has 1 aromatic heterocycles. The van der Waals surface area contributed by atoms with E-state index in [1.165, 1.54) is 0 Å². The van der Waals surface area contributed by atoms with Crippen molar-refractivity contribution in [3.8, 4) is 11.3 Å². The first-order valence-electron chi connectivity index (χ1n) is 9.57. The maximum absolute atomic E-state index is 12.5. The van der Waals surface area contributed by atoms with Crippen molar-refractivity contribution in [3.63, 3.8) is 0 Å². The topological polar surface area (TPSA) is 76.0 Å². The zero-order valence-corrected chi connectivity index (χ0v) is 17.4. The lowest BCUT2D eigenvalue weighted by Crippen LogP contribution is -2.14. The summed E-state index contributed by atoms with van der Waals surface area (Å²) in [6.07, 6.45) is 0. The predicted molar refractivity (Wildman–Crippen MR) is 122 cm³/mol. The number of anilines is 2. The van der Waals surface area contributed by atoms with Crippen molar-refractivity contribution in [3.05, 3.63) is 101 Å². The predicted octanol–water partition coefficient (Wildman–Crippen LogP) is 5.25. The third-order valence-electron chi connectivity index (χ3n) is 4.70. The molecular weight excluding hydrogens is 412 g/mol. The van der Waals surface area contributed by atoms with Gasteiger partial charge in [-0.2, -0.15) is 5.10 Å². The third kappa shape index (κ3) is 4.82. The second-order valence-electron chi connectivity index (χ2n) is 6.90. The molecule has 4 aromatic rings. The molecule has 3 aromatic carbocycles. The first kappa shape index (κ1) is 20.4. The van der Waals surface area contributed by atoms with E-state index in [0.29, 0.717) is 33.3 Å². The van der Waals surface area contributed by atoms with Crippen LogP contribution in [0.4, 0.5) is 11.5 Å². The molecular formula is C24H19ClN4O2. The molecule has 31 heavy (non-hydrogen) atoms. The molecule has 0 bridgehead atoms. The number of amides is 2. The lowest BCUT2D eigenvalue weighted by molar-refractivity contribution is 0.101. The molecule has 0 aliphatic rings. The van der Waals surface area contributed by atoms with Crippen LogP contribution in [0, 0.1) is 0 Å². The van der Waals surface area contributed by atoms with Crippen LogP contribution in [-0.2, 0) is 7.05 Å². The summed E-state index contributed by atoms with van der Waals surface area (Å²) in [6.45, 7) is 0. The Morgan fingerprint density at radius 2 is 1.42 bits per heavy atom. The Morgan fingerprint density at radius 3 is 2.10 bits per heavy atom. The van der Waals surface area contributed by atoms with Gasteiger partial charge in [0.2, 0.25) is 0 Å². The van der Waals surface area contributed by atoms with Crippen molar-refractivity contribution in [2.45, 2.75) is 0 Å². The van der Waals surface area contributed by atoms with E-state index in [4.69, 9.17) is 11.6 Å². The molecule has 154 valence electrons. The summed E-state index contributed by atoms with van der Waals surface area (Å²) in [5.74, 6) is 0.153. The average Bonchev–Trinajstić information content (AvgIpc) is 3.15. The van der Waals surface area contributed by atoms with Gasteiger partial charge in [0.15, 0.2) is 0 Å². The molecule has 0 atom stereocenters. The first-order chi connectivity index (χ1) is 15.0. The second-order valence-corrected chi connectivity index (χ2v) is 7.33. The SMILES string of the molecule is Cn1nc(-c2ccc(NC(=O)c3ccccc3)cc2)cc1NC(=O)c1ccc(Cl)cc1. The Morgan fingerprint density at radius 1 is 0.806 bits per heavy atom. The summed E-state index contributed by atoms with van der Waals surface area (Å²) in [7, 11) is 1.76. The summed E-state index contributed by atoms with van der Waals surface area (Å²) in [6, 6.07) is 24.9. The van der Waals surface area contributed by atoms with Crippen molar-refractivity contribution >= 4 is 34.9 Å². The van der Waals surface area contributed by atoms with Gasteiger partial charge in [0.25, 0.3) is 11.8 Å². The van der Waals surface area contributed by atoms with E-state index in [2.05, 4.69) is 15.7 Å². The standard InChI is InChI=1S/C24H19ClN4O2/c1-29-22(27-24(31)18-7-11-19(25)12-8-18)15-21(28-29)16-9-13-20(14-10-16)26-23(30)17-5-3-2-4-6-17/h2-15H,1H3,(H,26,30)(H,27,31). The highest BCUT2D eigenvalue weighted by molar-refractivity contribution is 6.30. The quantitative estimate of drug-likeness (QED) is 0.454. The molecule has 7 heteroatoms. The molecule has 1 heterocycles. The smallest absolute Gasteiger partial charge is 0.256 e. The molecule has 4 rings (SSSR count). The molecule has 0 radical (unpaired) electrons. The summed E-state index contributed by atoms with van der Waals surface area (Å²) in [4.78, 5) is 24.7. The Labute approximate surface area is 184 Å². The van der Waals surface area contributed by atoms with Gasteiger partial charge in [0, 0.05) is 40.5 Å². The number of halogens is 1. The molecule has 0 unspecified atom stereocenters. The van der Waals surface area contributed by atoms with E-state index in [0.717, 1.165) is 5.56 Å². The van der Waals surface area contributed by atoms with Crippen molar-refractivity contribution in [1.82, 2.24) is 9.78 Å². The zero-order chi connectivity index (χ0) is 21.8. The Balaban J connectivity index is 1.46. The number of aromatic nitrogens is 2. The third-order valence-corrected chi connectivity index (χ3v) is 4.95. The molecule has 0 aliphatic heterocycles. The number of hydrogen-bond donors (Lipinski definition) is 2. The van der Waals surface area contributed by atoms with Crippen molar-refractivity contribution in [2.24, 2.45) is 7.05 Å². The van der Waals surface area contributed by atoms with Gasteiger partial charge in [-0.25, -0.2) is 0 Å². The molecule has 0 aliphatic carbocycles. The van der Waals surface area contributed by atoms with Gasteiger partial charge < -0.3 is 10.6 Å². The summed E-state index contributed by atoms with van der Waals surface area (Å²) in [5, 5.41) is 10.8. The minimum atomic E-state index is -0.245. The number of nitrogens with zero attached hydrogens (tertiary/aromatic N) is 2. The Hall–Kier alpha value is -3.90. The van der Waals surface area contributed by atoms with E-state index in [1.807, 2.05) is 42.5 Å². The van der Waals surface area contributed by atoms with Gasteiger partial charge in [-0.05, 0) is 48.5 Å². The molecule has 6 nitrogen and oxygen atoms in total. The van der Waals surface area contributed by atoms with Crippen molar-refractivity contribution in [1.29, 1.82) is 0 Å². The Bertz CT molecular complexity index is 1220. The fourth-order valence-corrected chi connectivity index (χ4v) is 3.16. The molecule has 0 saturated heterocycles. The number of aryl methyl sites for hydroxylation is 1. The van der Waals surface area contributed by atoms with E-state index < -0.39 is 0 Å². The minimum Gasteiger partial charge on any atom is -0.322 e. The number of benzene rings is 3. The summed E-state index contributed by atoms with van der Waals surface area (Å²) >= 11 is 5.87. The van der Waals surface area contributed by atoms with Gasteiger partial charge >= 0.3 is 0 Å². The number of nitrogens with one attached hydrogen (secondary N) is 2. The maximum Gasteiger partial charge on any atom is 0.256 e. The van der Waals surface area contributed by atoms with E-state index in [1.54, 1.807) is 54.2 Å². The highest BCUT2D eigenvalue weighted by Gasteiger charge is 2.12. The van der Waals surface area contributed by atoms with Crippen LogP contribution in [0.1, 0.15) is 20.7 Å². The number of hydrogen-bond acceptors (Lipinski definition) is 3. The van der Waals surface area contributed by atoms with Crippen LogP contribution in [0.3, 0.4) is 0 Å².